The van der Waals surface area contributed by atoms with Crippen molar-refractivity contribution in [3.8, 4) is 5.75 Å². The van der Waals surface area contributed by atoms with Crippen LogP contribution in [0.25, 0.3) is 0 Å². The topological polar surface area (TPSA) is 102 Å². The van der Waals surface area contributed by atoms with Gasteiger partial charge in [-0.15, -0.1) is 0 Å². The van der Waals surface area contributed by atoms with E-state index in [1.807, 2.05) is 6.92 Å². The second-order valence-electron chi connectivity index (χ2n) is 4.52. The number of carboxylic acid groups (broad SMARTS) is 1. The zero-order valence-electron chi connectivity index (χ0n) is 11.7. The van der Waals surface area contributed by atoms with E-state index in [2.05, 4.69) is 5.32 Å². The standard InChI is InChI=1S/C14H20N2O4/c1-3-4-10(8-13(17)18)16-14(19)11-6-5-9(15)7-12(11)20-2/h5-7,10H,3-4,8,15H2,1-2H3,(H,16,19)(H,17,18). The highest BCUT2D eigenvalue weighted by atomic mass is 16.5. The minimum Gasteiger partial charge on any atom is -0.496 e. The molecule has 0 aromatic heterocycles. The van der Waals surface area contributed by atoms with Gasteiger partial charge in [0.05, 0.1) is 19.1 Å². The second-order valence-corrected chi connectivity index (χ2v) is 4.52. The van der Waals surface area contributed by atoms with Gasteiger partial charge in [-0.05, 0) is 18.6 Å². The Labute approximate surface area is 117 Å². The molecule has 110 valence electrons. The first-order valence-electron chi connectivity index (χ1n) is 6.44. The molecule has 6 heteroatoms. The van der Waals surface area contributed by atoms with Gasteiger partial charge in [-0.3, -0.25) is 9.59 Å². The number of nitrogens with one attached hydrogen (secondary N) is 1. The molecule has 1 unspecified atom stereocenters. The monoisotopic (exact) mass is 280 g/mol. The summed E-state index contributed by atoms with van der Waals surface area (Å²) in [5.74, 6) is -0.928. The molecule has 20 heavy (non-hydrogen) atoms. The molecular formula is C14H20N2O4. The van der Waals surface area contributed by atoms with Crippen LogP contribution in [0, 0.1) is 0 Å². The first-order chi connectivity index (χ1) is 9.47. The van der Waals surface area contributed by atoms with Crippen molar-refractivity contribution in [3.63, 3.8) is 0 Å². The molecule has 0 aliphatic rings. The van der Waals surface area contributed by atoms with Gasteiger partial charge >= 0.3 is 5.97 Å². The predicted molar refractivity (Wildman–Crippen MR) is 75.8 cm³/mol. The van der Waals surface area contributed by atoms with Gasteiger partial charge in [0.15, 0.2) is 0 Å². The fourth-order valence-electron chi connectivity index (χ4n) is 1.94. The van der Waals surface area contributed by atoms with Crippen LogP contribution in [0.5, 0.6) is 5.75 Å². The molecule has 1 rings (SSSR count). The molecule has 0 aliphatic heterocycles. The molecule has 0 saturated heterocycles. The summed E-state index contributed by atoms with van der Waals surface area (Å²) in [6.07, 6.45) is 1.29. The Morgan fingerprint density at radius 1 is 1.45 bits per heavy atom. The van der Waals surface area contributed by atoms with Gasteiger partial charge < -0.3 is 20.9 Å². The molecule has 6 nitrogen and oxygen atoms in total. The summed E-state index contributed by atoms with van der Waals surface area (Å²) < 4.78 is 5.11. The van der Waals surface area contributed by atoms with E-state index >= 15 is 0 Å². The van der Waals surface area contributed by atoms with Crippen LogP contribution in [-0.2, 0) is 4.79 Å². The smallest absolute Gasteiger partial charge is 0.305 e. The number of methoxy groups -OCH3 is 1. The van der Waals surface area contributed by atoms with E-state index in [0.717, 1.165) is 6.42 Å². The number of anilines is 1. The average molecular weight is 280 g/mol. The Balaban J connectivity index is 2.85. The largest absolute Gasteiger partial charge is 0.496 e. The fourth-order valence-corrected chi connectivity index (χ4v) is 1.94. The zero-order valence-corrected chi connectivity index (χ0v) is 11.7. The third-order valence-corrected chi connectivity index (χ3v) is 2.86. The number of carboxylic acids is 1. The Hall–Kier alpha value is -2.24. The van der Waals surface area contributed by atoms with Crippen LogP contribution in [0.15, 0.2) is 18.2 Å². The number of hydrogen-bond donors (Lipinski definition) is 3. The predicted octanol–water partition coefficient (Wildman–Crippen LogP) is 1.65. The molecule has 0 fully saturated rings. The average Bonchev–Trinajstić information content (AvgIpc) is 2.37. The summed E-state index contributed by atoms with van der Waals surface area (Å²) in [6.45, 7) is 1.94. The van der Waals surface area contributed by atoms with Crippen molar-refractivity contribution in [1.82, 2.24) is 5.32 Å². The minimum atomic E-state index is -0.937. The van der Waals surface area contributed by atoms with E-state index in [-0.39, 0.29) is 12.3 Å². The summed E-state index contributed by atoms with van der Waals surface area (Å²) in [5.41, 5.74) is 6.46. The van der Waals surface area contributed by atoms with Crippen LogP contribution < -0.4 is 15.8 Å². The van der Waals surface area contributed by atoms with Gasteiger partial charge in [-0.1, -0.05) is 13.3 Å². The van der Waals surface area contributed by atoms with Gasteiger partial charge in [0.2, 0.25) is 0 Å². The zero-order chi connectivity index (χ0) is 15.1. The molecule has 1 atom stereocenters. The molecule has 0 radical (unpaired) electrons. The lowest BCUT2D eigenvalue weighted by molar-refractivity contribution is -0.137. The third kappa shape index (κ3) is 4.46. The number of benzene rings is 1. The van der Waals surface area contributed by atoms with E-state index in [1.54, 1.807) is 18.2 Å². The van der Waals surface area contributed by atoms with Gasteiger partial charge in [0.25, 0.3) is 5.91 Å². The molecule has 0 aliphatic carbocycles. The maximum atomic E-state index is 12.2. The highest BCUT2D eigenvalue weighted by molar-refractivity contribution is 5.97. The summed E-state index contributed by atoms with van der Waals surface area (Å²) in [6, 6.07) is 4.32. The number of amides is 1. The normalized spacial score (nSPS) is 11.7. The molecular weight excluding hydrogens is 260 g/mol. The number of rotatable bonds is 7. The maximum Gasteiger partial charge on any atom is 0.305 e. The van der Waals surface area contributed by atoms with Crippen molar-refractivity contribution in [3.05, 3.63) is 23.8 Å². The number of ether oxygens (including phenoxy) is 1. The molecule has 0 spiro atoms. The molecule has 0 saturated carbocycles. The fraction of sp³-hybridized carbons (Fsp3) is 0.429. The highest BCUT2D eigenvalue weighted by Gasteiger charge is 2.18. The molecule has 1 aromatic carbocycles. The van der Waals surface area contributed by atoms with Gasteiger partial charge in [0.1, 0.15) is 5.75 Å². The summed E-state index contributed by atoms with van der Waals surface area (Å²) >= 11 is 0. The van der Waals surface area contributed by atoms with E-state index in [1.165, 1.54) is 7.11 Å². The minimum absolute atomic E-state index is 0.100. The third-order valence-electron chi connectivity index (χ3n) is 2.86. The Kier molecular flexibility index (Phi) is 5.83. The Morgan fingerprint density at radius 3 is 2.70 bits per heavy atom. The molecule has 0 bridgehead atoms. The summed E-state index contributed by atoms with van der Waals surface area (Å²) in [4.78, 5) is 23.0. The molecule has 4 N–H and O–H groups in total. The van der Waals surface area contributed by atoms with Crippen molar-refractivity contribution in [1.29, 1.82) is 0 Å². The second kappa shape index (κ2) is 7.37. The number of hydrogen-bond acceptors (Lipinski definition) is 4. The lowest BCUT2D eigenvalue weighted by atomic mass is 10.1. The van der Waals surface area contributed by atoms with Crippen LogP contribution in [0.3, 0.4) is 0 Å². The highest BCUT2D eigenvalue weighted by Crippen LogP contribution is 2.21. The van der Waals surface area contributed by atoms with Crippen molar-refractivity contribution < 1.29 is 19.4 Å². The number of nitrogen functional groups attached to an aromatic ring is 1. The van der Waals surface area contributed by atoms with E-state index in [4.69, 9.17) is 15.6 Å². The first-order valence-corrected chi connectivity index (χ1v) is 6.44. The van der Waals surface area contributed by atoms with E-state index < -0.39 is 12.0 Å². The van der Waals surface area contributed by atoms with Gasteiger partial charge in [-0.2, -0.15) is 0 Å². The van der Waals surface area contributed by atoms with E-state index in [0.29, 0.717) is 23.4 Å². The number of aliphatic carboxylic acids is 1. The van der Waals surface area contributed by atoms with Crippen molar-refractivity contribution >= 4 is 17.6 Å². The van der Waals surface area contributed by atoms with Crippen LogP contribution >= 0.6 is 0 Å². The molecule has 1 aromatic rings. The van der Waals surface area contributed by atoms with Crippen molar-refractivity contribution in [2.45, 2.75) is 32.2 Å². The SMILES string of the molecule is CCCC(CC(=O)O)NC(=O)c1ccc(N)cc1OC. The van der Waals surface area contributed by atoms with Crippen molar-refractivity contribution in [2.75, 3.05) is 12.8 Å². The number of carbonyl (C=O) groups excluding carboxylic acids is 1. The number of nitrogens with two attached hydrogens (primary N) is 1. The van der Waals surface area contributed by atoms with Gasteiger partial charge in [-0.25, -0.2) is 0 Å². The quantitative estimate of drug-likeness (QED) is 0.659. The number of carbonyl (C=O) groups is 2. The van der Waals surface area contributed by atoms with Crippen LogP contribution in [0.4, 0.5) is 5.69 Å². The van der Waals surface area contributed by atoms with Crippen LogP contribution in [0.1, 0.15) is 36.5 Å². The lowest BCUT2D eigenvalue weighted by Gasteiger charge is -2.17. The van der Waals surface area contributed by atoms with Crippen molar-refractivity contribution in [2.24, 2.45) is 0 Å². The lowest BCUT2D eigenvalue weighted by Crippen LogP contribution is -2.36. The molecule has 1 amide bonds. The van der Waals surface area contributed by atoms with Gasteiger partial charge in [0, 0.05) is 17.8 Å². The summed E-state index contributed by atoms with van der Waals surface area (Å²) in [5, 5.41) is 11.6. The molecule has 0 heterocycles. The maximum absolute atomic E-state index is 12.2. The Morgan fingerprint density at radius 2 is 2.15 bits per heavy atom. The van der Waals surface area contributed by atoms with E-state index in [9.17, 15) is 9.59 Å². The Bertz CT molecular complexity index is 488. The van der Waals surface area contributed by atoms with Crippen LogP contribution in [-0.4, -0.2) is 30.1 Å². The summed E-state index contributed by atoms with van der Waals surface area (Å²) in [7, 11) is 1.45. The van der Waals surface area contributed by atoms with Crippen LogP contribution in [0.2, 0.25) is 0 Å². The first kappa shape index (κ1) is 15.8.